The lowest BCUT2D eigenvalue weighted by atomic mass is 10.0. The first-order valence-corrected chi connectivity index (χ1v) is 6.23. The normalized spacial score (nSPS) is 14.5. The quantitative estimate of drug-likeness (QED) is 0.539. The van der Waals surface area contributed by atoms with E-state index in [-0.39, 0.29) is 0 Å². The first-order chi connectivity index (χ1) is 7.18. The minimum Gasteiger partial charge on any atom is -0.360 e. The zero-order chi connectivity index (χ0) is 11.6. The van der Waals surface area contributed by atoms with Crippen LogP contribution in [0.1, 0.15) is 65.7 Å². The Hall–Kier alpha value is -0.550. The molecular formula is C13H25NO. The van der Waals surface area contributed by atoms with Gasteiger partial charge in [-0.25, -0.2) is 0 Å². The van der Waals surface area contributed by atoms with E-state index in [9.17, 15) is 0 Å². The first-order valence-electron chi connectivity index (χ1n) is 6.23. The fraction of sp³-hybridized carbons (Fsp3) is 0.923. The summed E-state index contributed by atoms with van der Waals surface area (Å²) in [7, 11) is 0. The molecular weight excluding hydrogens is 186 g/mol. The molecule has 0 aromatic carbocycles. The first kappa shape index (κ1) is 14.5. The molecule has 2 nitrogen and oxygen atoms in total. The molecule has 0 aliphatic rings. The number of hydrogen-bond donors (Lipinski definition) is 0. The molecule has 0 heterocycles. The maximum absolute atomic E-state index is 8.98. The van der Waals surface area contributed by atoms with Gasteiger partial charge in [0.05, 0.1) is 6.07 Å². The highest BCUT2D eigenvalue weighted by Crippen LogP contribution is 2.17. The van der Waals surface area contributed by atoms with Gasteiger partial charge in [0.15, 0.2) is 5.60 Å². The van der Waals surface area contributed by atoms with E-state index in [1.165, 1.54) is 25.7 Å². The highest BCUT2D eigenvalue weighted by atomic mass is 16.5. The van der Waals surface area contributed by atoms with Gasteiger partial charge < -0.3 is 4.74 Å². The largest absolute Gasteiger partial charge is 0.360 e. The van der Waals surface area contributed by atoms with Crippen molar-refractivity contribution in [3.63, 3.8) is 0 Å². The van der Waals surface area contributed by atoms with Crippen LogP contribution in [0.3, 0.4) is 0 Å². The van der Waals surface area contributed by atoms with Gasteiger partial charge in [-0.05, 0) is 19.8 Å². The van der Waals surface area contributed by atoms with Crippen LogP contribution < -0.4 is 0 Å². The van der Waals surface area contributed by atoms with Crippen LogP contribution in [-0.2, 0) is 4.74 Å². The molecule has 0 aliphatic carbocycles. The summed E-state index contributed by atoms with van der Waals surface area (Å²) in [5.74, 6) is 0. The molecule has 2 heteroatoms. The van der Waals surface area contributed by atoms with Crippen LogP contribution in [0.15, 0.2) is 0 Å². The van der Waals surface area contributed by atoms with E-state index in [4.69, 9.17) is 10.00 Å². The second-order valence-electron chi connectivity index (χ2n) is 4.36. The van der Waals surface area contributed by atoms with Crippen LogP contribution >= 0.6 is 0 Å². The molecule has 0 rings (SSSR count). The van der Waals surface area contributed by atoms with E-state index >= 15 is 0 Å². The summed E-state index contributed by atoms with van der Waals surface area (Å²) in [6.07, 6.45) is 8.01. The van der Waals surface area contributed by atoms with Crippen LogP contribution in [0.5, 0.6) is 0 Å². The van der Waals surface area contributed by atoms with Gasteiger partial charge >= 0.3 is 0 Å². The average Bonchev–Trinajstić information content (AvgIpc) is 2.24. The second-order valence-corrected chi connectivity index (χ2v) is 4.36. The minimum atomic E-state index is -0.556. The average molecular weight is 211 g/mol. The maximum atomic E-state index is 8.98. The molecule has 1 unspecified atom stereocenters. The van der Waals surface area contributed by atoms with E-state index in [1.807, 2.05) is 6.92 Å². The minimum absolute atomic E-state index is 0.556. The van der Waals surface area contributed by atoms with Crippen LogP contribution in [-0.4, -0.2) is 12.2 Å². The third-order valence-electron chi connectivity index (χ3n) is 2.63. The second kappa shape index (κ2) is 8.73. The van der Waals surface area contributed by atoms with E-state index < -0.39 is 5.60 Å². The van der Waals surface area contributed by atoms with Crippen molar-refractivity contribution in [1.29, 1.82) is 5.26 Å². The summed E-state index contributed by atoms with van der Waals surface area (Å²) in [5, 5.41) is 8.98. The van der Waals surface area contributed by atoms with Crippen molar-refractivity contribution in [1.82, 2.24) is 0 Å². The lowest BCUT2D eigenvalue weighted by molar-refractivity contribution is 0.00291. The Morgan fingerprint density at radius 3 is 2.27 bits per heavy atom. The van der Waals surface area contributed by atoms with Crippen molar-refractivity contribution in [2.75, 3.05) is 6.61 Å². The molecule has 88 valence electrons. The molecule has 0 aromatic rings. The SMILES string of the molecule is CCCCCCCOC(C)(C#N)CCC. The number of ether oxygens (including phenoxy) is 1. The molecule has 0 radical (unpaired) electrons. The van der Waals surface area contributed by atoms with E-state index in [0.717, 1.165) is 25.9 Å². The molecule has 0 aliphatic heterocycles. The highest BCUT2D eigenvalue weighted by molar-refractivity contribution is 4.97. The molecule has 0 saturated heterocycles. The Balaban J connectivity index is 3.51. The Morgan fingerprint density at radius 1 is 1.07 bits per heavy atom. The monoisotopic (exact) mass is 211 g/mol. The predicted molar refractivity (Wildman–Crippen MR) is 63.6 cm³/mol. The van der Waals surface area contributed by atoms with Gasteiger partial charge in [-0.3, -0.25) is 0 Å². The lowest BCUT2D eigenvalue weighted by Crippen LogP contribution is -2.26. The Labute approximate surface area is 94.6 Å². The van der Waals surface area contributed by atoms with Gasteiger partial charge in [0.2, 0.25) is 0 Å². The van der Waals surface area contributed by atoms with Crippen molar-refractivity contribution < 1.29 is 4.74 Å². The predicted octanol–water partition coefficient (Wildman–Crippen LogP) is 4.06. The number of hydrogen-bond acceptors (Lipinski definition) is 2. The van der Waals surface area contributed by atoms with E-state index in [1.54, 1.807) is 0 Å². The zero-order valence-electron chi connectivity index (χ0n) is 10.5. The molecule has 0 saturated carbocycles. The Morgan fingerprint density at radius 2 is 1.73 bits per heavy atom. The topological polar surface area (TPSA) is 33.0 Å². The Kier molecular flexibility index (Phi) is 8.41. The summed E-state index contributed by atoms with van der Waals surface area (Å²) < 4.78 is 5.64. The van der Waals surface area contributed by atoms with Crippen molar-refractivity contribution in [3.8, 4) is 6.07 Å². The molecule has 0 fully saturated rings. The third kappa shape index (κ3) is 7.39. The number of rotatable bonds is 9. The van der Waals surface area contributed by atoms with Gasteiger partial charge in [-0.15, -0.1) is 0 Å². The van der Waals surface area contributed by atoms with Crippen molar-refractivity contribution in [2.24, 2.45) is 0 Å². The lowest BCUT2D eigenvalue weighted by Gasteiger charge is -2.21. The van der Waals surface area contributed by atoms with Gasteiger partial charge in [0.25, 0.3) is 0 Å². The smallest absolute Gasteiger partial charge is 0.151 e. The number of nitrogens with zero attached hydrogens (tertiary/aromatic N) is 1. The Bertz CT molecular complexity index is 185. The zero-order valence-corrected chi connectivity index (χ0v) is 10.5. The third-order valence-corrected chi connectivity index (χ3v) is 2.63. The highest BCUT2D eigenvalue weighted by Gasteiger charge is 2.22. The van der Waals surface area contributed by atoms with Gasteiger partial charge in [-0.1, -0.05) is 46.0 Å². The van der Waals surface area contributed by atoms with Crippen molar-refractivity contribution in [2.45, 2.75) is 71.3 Å². The van der Waals surface area contributed by atoms with Crippen molar-refractivity contribution >= 4 is 0 Å². The summed E-state index contributed by atoms with van der Waals surface area (Å²) in [6.45, 7) is 6.92. The van der Waals surface area contributed by atoms with Gasteiger partial charge in [0, 0.05) is 6.61 Å². The molecule has 0 N–H and O–H groups in total. The van der Waals surface area contributed by atoms with Crippen LogP contribution in [0.4, 0.5) is 0 Å². The number of unbranched alkanes of at least 4 members (excludes halogenated alkanes) is 4. The van der Waals surface area contributed by atoms with Crippen LogP contribution in [0.25, 0.3) is 0 Å². The summed E-state index contributed by atoms with van der Waals surface area (Å²) in [4.78, 5) is 0. The molecule has 0 aromatic heterocycles. The fourth-order valence-electron chi connectivity index (χ4n) is 1.64. The fourth-order valence-corrected chi connectivity index (χ4v) is 1.64. The van der Waals surface area contributed by atoms with Gasteiger partial charge in [-0.2, -0.15) is 5.26 Å². The van der Waals surface area contributed by atoms with Crippen LogP contribution in [0.2, 0.25) is 0 Å². The van der Waals surface area contributed by atoms with E-state index in [2.05, 4.69) is 19.9 Å². The van der Waals surface area contributed by atoms with Crippen molar-refractivity contribution in [3.05, 3.63) is 0 Å². The number of nitriles is 1. The summed E-state index contributed by atoms with van der Waals surface area (Å²) in [5.41, 5.74) is -0.556. The standard InChI is InChI=1S/C13H25NO/c1-4-6-7-8-9-11-15-13(3,12-14)10-5-2/h4-11H2,1-3H3. The molecule has 0 bridgehead atoms. The summed E-state index contributed by atoms with van der Waals surface area (Å²) in [6, 6.07) is 2.26. The van der Waals surface area contributed by atoms with Gasteiger partial charge in [0.1, 0.15) is 0 Å². The van der Waals surface area contributed by atoms with E-state index in [0.29, 0.717) is 0 Å². The summed E-state index contributed by atoms with van der Waals surface area (Å²) >= 11 is 0. The molecule has 0 amide bonds. The maximum Gasteiger partial charge on any atom is 0.151 e. The molecule has 1 atom stereocenters. The van der Waals surface area contributed by atoms with Crippen LogP contribution in [0, 0.1) is 11.3 Å². The molecule has 0 spiro atoms. The molecule has 15 heavy (non-hydrogen) atoms.